The maximum Gasteiger partial charge on any atom is 0.240 e. The Morgan fingerprint density at radius 1 is 1.14 bits per heavy atom. The highest BCUT2D eigenvalue weighted by atomic mass is 32.2. The first-order valence-corrected chi connectivity index (χ1v) is 17.5. The van der Waals surface area contributed by atoms with Crippen LogP contribution in [0.1, 0.15) is 82.6 Å². The van der Waals surface area contributed by atoms with Gasteiger partial charge in [-0.25, -0.2) is 13.1 Å². The third kappa shape index (κ3) is 5.79. The molecular weight excluding hydrogens is 492 g/mol. The molecule has 3 rings (SSSR count). The van der Waals surface area contributed by atoms with Crippen LogP contribution in [-0.4, -0.2) is 46.8 Å². The number of sulfonamides is 1. The van der Waals surface area contributed by atoms with Gasteiger partial charge in [-0.1, -0.05) is 53.0 Å². The average Bonchev–Trinajstić information content (AvgIpc) is 2.75. The zero-order valence-corrected chi connectivity index (χ0v) is 25.1. The summed E-state index contributed by atoms with van der Waals surface area (Å²) in [6, 6.07) is 4.30. The number of hydrogen-bond donors (Lipinski definition) is 2. The Hall–Kier alpha value is -1.55. The van der Waals surface area contributed by atoms with Crippen LogP contribution in [0.2, 0.25) is 13.1 Å². The third-order valence-corrected chi connectivity index (χ3v) is 10.7. The molecule has 36 heavy (non-hydrogen) atoms. The smallest absolute Gasteiger partial charge is 0.240 e. The van der Waals surface area contributed by atoms with Gasteiger partial charge in [0.2, 0.25) is 15.9 Å². The van der Waals surface area contributed by atoms with E-state index in [1.807, 2.05) is 20.8 Å². The van der Waals surface area contributed by atoms with Gasteiger partial charge in [0.15, 0.2) is 14.8 Å². The van der Waals surface area contributed by atoms with E-state index in [2.05, 4.69) is 43.9 Å². The van der Waals surface area contributed by atoms with Crippen LogP contribution in [0.15, 0.2) is 23.1 Å². The zero-order chi connectivity index (χ0) is 27.1. The van der Waals surface area contributed by atoms with Crippen molar-refractivity contribution in [3.8, 4) is 0 Å². The van der Waals surface area contributed by atoms with Crippen LogP contribution < -0.4 is 10.0 Å². The van der Waals surface area contributed by atoms with Gasteiger partial charge in [0.25, 0.3) is 0 Å². The molecule has 2 aliphatic rings. The molecule has 0 aromatic heterocycles. The number of rotatable bonds is 9. The Balaban J connectivity index is 1.87. The van der Waals surface area contributed by atoms with Gasteiger partial charge in [-0.05, 0) is 62.9 Å². The first kappa shape index (κ1) is 29.0. The fraction of sp³-hybridized carbons (Fsp3) is 0.704. The van der Waals surface area contributed by atoms with Crippen LogP contribution in [0.25, 0.3) is 0 Å². The Bertz CT molecular complexity index is 1090. The number of hydrogen-bond acceptors (Lipinski definition) is 5. The summed E-state index contributed by atoms with van der Waals surface area (Å²) in [5.41, 5.74) is 0.0576. The van der Waals surface area contributed by atoms with Crippen LogP contribution in [0.4, 0.5) is 0 Å². The number of carbonyl (C=O) groups excluding carboxylic acids is 2. The maximum absolute atomic E-state index is 13.7. The molecule has 1 saturated heterocycles. The minimum Gasteiger partial charge on any atom is -0.414 e. The number of amides is 1. The Morgan fingerprint density at radius 2 is 1.75 bits per heavy atom. The first-order valence-electron chi connectivity index (χ1n) is 13.2. The van der Waals surface area contributed by atoms with Crippen molar-refractivity contribution >= 4 is 30.8 Å². The summed E-state index contributed by atoms with van der Waals surface area (Å²) in [6.07, 6.45) is 4.85. The van der Waals surface area contributed by atoms with Gasteiger partial charge in [0.1, 0.15) is 0 Å². The molecule has 0 radical (unpaired) electrons. The fourth-order valence-corrected chi connectivity index (χ4v) is 8.38. The normalized spacial score (nSPS) is 24.1. The molecule has 0 bridgehead atoms. The van der Waals surface area contributed by atoms with Gasteiger partial charge < -0.3 is 9.74 Å². The van der Waals surface area contributed by atoms with Crippen LogP contribution in [0.3, 0.4) is 0 Å². The monoisotopic (exact) mass is 536 g/mol. The van der Waals surface area contributed by atoms with Gasteiger partial charge >= 0.3 is 0 Å². The molecular formula is C27H44N2O5SSi. The molecule has 0 spiro atoms. The van der Waals surface area contributed by atoms with E-state index in [1.54, 1.807) is 12.1 Å². The molecule has 7 nitrogen and oxygen atoms in total. The van der Waals surface area contributed by atoms with Crippen molar-refractivity contribution in [2.45, 2.75) is 109 Å². The second-order valence-corrected chi connectivity index (χ2v) is 16.2. The molecule has 9 heteroatoms. The largest absolute Gasteiger partial charge is 0.414 e. The predicted molar refractivity (Wildman–Crippen MR) is 145 cm³/mol. The highest BCUT2D eigenvalue weighted by molar-refractivity contribution is 7.89. The van der Waals surface area contributed by atoms with Crippen molar-refractivity contribution in [1.82, 2.24) is 10.0 Å². The van der Waals surface area contributed by atoms with Gasteiger partial charge in [-0.3, -0.25) is 9.59 Å². The number of carbonyl (C=O) groups is 2. The standard InChI is InChI=1S/C27H44N2O5SSi/c1-17-14-15-20(35(32,33)29-19-12-10-9-11-13-19)16-21(17)24(30)18(2)23-22(25(31)28-23)27(6,26(3,4)5)34-36(7)8/h14-16,18-19,22-23,29,36H,9-13H2,1-8H3,(H,28,31)/t18-,22-,23-,27-/m1/s1. The van der Waals surface area contributed by atoms with Crippen molar-refractivity contribution in [2.24, 2.45) is 17.3 Å². The van der Waals surface area contributed by atoms with E-state index in [1.165, 1.54) is 6.07 Å². The van der Waals surface area contributed by atoms with Crippen LogP contribution in [-0.2, 0) is 19.2 Å². The minimum atomic E-state index is -3.73. The Kier molecular flexibility index (Phi) is 8.60. The van der Waals surface area contributed by atoms with E-state index >= 15 is 0 Å². The van der Waals surface area contributed by atoms with Crippen LogP contribution in [0.5, 0.6) is 0 Å². The number of aryl methyl sites for hydroxylation is 1. The van der Waals surface area contributed by atoms with Crippen LogP contribution in [0, 0.1) is 24.2 Å². The van der Waals surface area contributed by atoms with Gasteiger partial charge in [0.05, 0.1) is 22.5 Å². The molecule has 1 heterocycles. The Labute approximate surface area is 218 Å². The minimum absolute atomic E-state index is 0.0614. The lowest BCUT2D eigenvalue weighted by Crippen LogP contribution is -2.72. The zero-order valence-electron chi connectivity index (χ0n) is 23.1. The van der Waals surface area contributed by atoms with Gasteiger partial charge in [0, 0.05) is 17.5 Å². The number of benzene rings is 1. The van der Waals surface area contributed by atoms with Crippen molar-refractivity contribution in [3.05, 3.63) is 29.3 Å². The number of β-lactam (4-membered cyclic amide) rings is 1. The molecule has 2 fully saturated rings. The van der Waals surface area contributed by atoms with Gasteiger partial charge in [-0.2, -0.15) is 0 Å². The van der Waals surface area contributed by atoms with Crippen molar-refractivity contribution in [3.63, 3.8) is 0 Å². The summed E-state index contributed by atoms with van der Waals surface area (Å²) in [5.74, 6) is -1.27. The number of ketones is 1. The lowest BCUT2D eigenvalue weighted by atomic mass is 9.62. The van der Waals surface area contributed by atoms with E-state index in [-0.39, 0.29) is 34.1 Å². The second kappa shape index (κ2) is 10.7. The van der Waals surface area contributed by atoms with Crippen molar-refractivity contribution in [1.29, 1.82) is 0 Å². The number of Topliss-reactive ketones (excluding diaryl/α,β-unsaturated/α-hetero) is 1. The van der Waals surface area contributed by atoms with E-state index in [0.29, 0.717) is 5.56 Å². The predicted octanol–water partition coefficient (Wildman–Crippen LogP) is 4.34. The second-order valence-electron chi connectivity index (χ2n) is 12.1. The van der Waals surface area contributed by atoms with Crippen LogP contribution >= 0.6 is 0 Å². The fourth-order valence-electron chi connectivity index (χ4n) is 5.57. The summed E-state index contributed by atoms with van der Waals surface area (Å²) >= 11 is 0. The highest BCUT2D eigenvalue weighted by Crippen LogP contribution is 2.46. The molecule has 1 amide bonds. The molecule has 0 unspecified atom stereocenters. The molecule has 4 atom stereocenters. The summed E-state index contributed by atoms with van der Waals surface area (Å²) in [7, 11) is -5.22. The average molecular weight is 537 g/mol. The van der Waals surface area contributed by atoms with E-state index in [4.69, 9.17) is 4.43 Å². The highest BCUT2D eigenvalue weighted by Gasteiger charge is 2.59. The molecule has 1 aromatic carbocycles. The van der Waals surface area contributed by atoms with Crippen molar-refractivity contribution in [2.75, 3.05) is 0 Å². The summed E-state index contributed by atoms with van der Waals surface area (Å²) in [6.45, 7) is 16.0. The van der Waals surface area contributed by atoms with E-state index in [0.717, 1.165) is 37.7 Å². The lowest BCUT2D eigenvalue weighted by molar-refractivity contribution is -0.161. The first-order chi connectivity index (χ1) is 16.6. The van der Waals surface area contributed by atoms with Gasteiger partial charge in [-0.15, -0.1) is 0 Å². The molecule has 1 aliphatic carbocycles. The van der Waals surface area contributed by atoms with E-state index < -0.39 is 36.5 Å². The maximum atomic E-state index is 13.7. The quantitative estimate of drug-likeness (QED) is 0.278. The third-order valence-electron chi connectivity index (χ3n) is 8.18. The van der Waals surface area contributed by atoms with E-state index in [9.17, 15) is 18.0 Å². The summed E-state index contributed by atoms with van der Waals surface area (Å²) < 4.78 is 35.5. The Morgan fingerprint density at radius 3 is 2.28 bits per heavy atom. The number of nitrogens with one attached hydrogen (secondary N) is 2. The summed E-state index contributed by atoms with van der Waals surface area (Å²) in [4.78, 5) is 26.7. The molecule has 2 N–H and O–H groups in total. The molecule has 1 aromatic rings. The topological polar surface area (TPSA) is 102 Å². The molecule has 1 aliphatic heterocycles. The lowest BCUT2D eigenvalue weighted by Gasteiger charge is -2.55. The molecule has 1 saturated carbocycles. The summed E-state index contributed by atoms with van der Waals surface area (Å²) in [5, 5.41) is 2.96. The molecule has 202 valence electrons. The SMILES string of the molecule is Cc1ccc(S(=O)(=O)NC2CCCCC2)cc1C(=O)[C@H](C)[C@H]1NC(=O)[C@@H]1[C@@](C)(O[SiH](C)C)C(C)(C)C. The van der Waals surface area contributed by atoms with Crippen molar-refractivity contribution < 1.29 is 22.4 Å².